The third kappa shape index (κ3) is 3.38. The van der Waals surface area contributed by atoms with Crippen molar-refractivity contribution in [3.8, 4) is 6.07 Å². The lowest BCUT2D eigenvalue weighted by Crippen LogP contribution is -2.44. The molecule has 1 aromatic rings. The van der Waals surface area contributed by atoms with Gasteiger partial charge in [-0.2, -0.15) is 9.57 Å². The molecule has 7 heteroatoms. The molecule has 2 N–H and O–H groups in total. The fourth-order valence-corrected chi connectivity index (χ4v) is 4.92. The number of hydrogen-bond acceptors (Lipinski definition) is 4. The van der Waals surface area contributed by atoms with Crippen LogP contribution < -0.4 is 5.73 Å². The van der Waals surface area contributed by atoms with E-state index in [1.54, 1.807) is 0 Å². The molecule has 1 atom stereocenters. The van der Waals surface area contributed by atoms with E-state index in [0.29, 0.717) is 25.1 Å². The quantitative estimate of drug-likeness (QED) is 0.917. The van der Waals surface area contributed by atoms with E-state index in [1.807, 2.05) is 6.07 Å². The van der Waals surface area contributed by atoms with Crippen LogP contribution in [-0.2, 0) is 10.0 Å². The lowest BCUT2D eigenvalue weighted by atomic mass is 10.0. The minimum Gasteiger partial charge on any atom is -0.330 e. The van der Waals surface area contributed by atoms with Crippen LogP contribution in [0.15, 0.2) is 23.1 Å². The van der Waals surface area contributed by atoms with Crippen LogP contribution in [0.25, 0.3) is 0 Å². The fourth-order valence-electron chi connectivity index (χ4n) is 2.68. The zero-order chi connectivity index (χ0) is 15.5. The Morgan fingerprint density at radius 3 is 2.81 bits per heavy atom. The van der Waals surface area contributed by atoms with Gasteiger partial charge in [0, 0.05) is 12.6 Å². The predicted molar refractivity (Wildman–Crippen MR) is 81.4 cm³/mol. The molecule has 21 heavy (non-hydrogen) atoms. The molecular weight excluding hydrogens is 310 g/mol. The van der Waals surface area contributed by atoms with Crippen molar-refractivity contribution in [1.29, 1.82) is 5.26 Å². The Kier molecular flexibility index (Phi) is 5.22. The van der Waals surface area contributed by atoms with Crippen molar-refractivity contribution >= 4 is 21.6 Å². The number of nitrogens with two attached hydrogens (primary N) is 1. The minimum atomic E-state index is -3.65. The molecule has 1 fully saturated rings. The van der Waals surface area contributed by atoms with Crippen molar-refractivity contribution in [2.45, 2.75) is 36.6 Å². The Labute approximate surface area is 130 Å². The molecule has 0 aliphatic carbocycles. The van der Waals surface area contributed by atoms with Gasteiger partial charge in [0.15, 0.2) is 0 Å². The van der Waals surface area contributed by atoms with Gasteiger partial charge >= 0.3 is 0 Å². The van der Waals surface area contributed by atoms with Gasteiger partial charge in [0.05, 0.1) is 16.7 Å². The molecular formula is C14H18ClN3O2S. The van der Waals surface area contributed by atoms with Crippen molar-refractivity contribution in [1.82, 2.24) is 4.31 Å². The van der Waals surface area contributed by atoms with Gasteiger partial charge in [-0.25, -0.2) is 8.42 Å². The second-order valence-corrected chi connectivity index (χ2v) is 7.37. The molecule has 1 saturated heterocycles. The second-order valence-electron chi connectivity index (χ2n) is 5.10. The Hall–Kier alpha value is -1.13. The number of sulfonamides is 1. The van der Waals surface area contributed by atoms with Crippen LogP contribution in [0.2, 0.25) is 5.02 Å². The summed E-state index contributed by atoms with van der Waals surface area (Å²) in [5.41, 5.74) is 5.93. The maximum Gasteiger partial charge on any atom is 0.244 e. The Bertz CT molecular complexity index is 653. The first-order valence-corrected chi connectivity index (χ1v) is 8.74. The molecule has 114 valence electrons. The lowest BCUT2D eigenvalue weighted by molar-refractivity contribution is 0.243. The number of hydrogen-bond donors (Lipinski definition) is 1. The SMILES string of the molecule is N#Cc1ccc(S(=O)(=O)N2CCCCC2CCN)c(Cl)c1. The zero-order valence-electron chi connectivity index (χ0n) is 11.6. The summed E-state index contributed by atoms with van der Waals surface area (Å²) in [6.07, 6.45) is 3.32. The summed E-state index contributed by atoms with van der Waals surface area (Å²) in [7, 11) is -3.65. The molecule has 0 bridgehead atoms. The average Bonchev–Trinajstić information content (AvgIpc) is 2.47. The van der Waals surface area contributed by atoms with Crippen LogP contribution in [0.5, 0.6) is 0 Å². The van der Waals surface area contributed by atoms with E-state index in [9.17, 15) is 8.42 Å². The Morgan fingerprint density at radius 2 is 2.19 bits per heavy atom. The molecule has 1 aromatic carbocycles. The van der Waals surface area contributed by atoms with Crippen molar-refractivity contribution in [2.24, 2.45) is 5.73 Å². The van der Waals surface area contributed by atoms with Gasteiger partial charge in [-0.05, 0) is 44.0 Å². The largest absolute Gasteiger partial charge is 0.330 e. The first kappa shape index (κ1) is 16.2. The molecule has 0 spiro atoms. The molecule has 0 aromatic heterocycles. The van der Waals surface area contributed by atoms with Gasteiger partial charge in [-0.15, -0.1) is 0 Å². The fraction of sp³-hybridized carbons (Fsp3) is 0.500. The number of nitrogens with zero attached hydrogens (tertiary/aromatic N) is 2. The highest BCUT2D eigenvalue weighted by atomic mass is 35.5. The van der Waals surface area contributed by atoms with E-state index < -0.39 is 10.0 Å². The Morgan fingerprint density at radius 1 is 1.43 bits per heavy atom. The number of piperidine rings is 1. The number of benzene rings is 1. The zero-order valence-corrected chi connectivity index (χ0v) is 13.2. The van der Waals surface area contributed by atoms with E-state index in [0.717, 1.165) is 19.3 Å². The monoisotopic (exact) mass is 327 g/mol. The number of nitriles is 1. The molecule has 1 aliphatic rings. The van der Waals surface area contributed by atoms with Gasteiger partial charge in [0.2, 0.25) is 10.0 Å². The van der Waals surface area contributed by atoms with Gasteiger partial charge < -0.3 is 5.73 Å². The highest BCUT2D eigenvalue weighted by Gasteiger charge is 2.34. The molecule has 1 unspecified atom stereocenters. The maximum atomic E-state index is 12.8. The molecule has 1 aliphatic heterocycles. The van der Waals surface area contributed by atoms with Gasteiger partial charge in [-0.3, -0.25) is 0 Å². The van der Waals surface area contributed by atoms with Gasteiger partial charge in [0.25, 0.3) is 0 Å². The van der Waals surface area contributed by atoms with Crippen LogP contribution in [0.1, 0.15) is 31.2 Å². The molecule has 5 nitrogen and oxygen atoms in total. The molecule has 1 heterocycles. The van der Waals surface area contributed by atoms with Crippen molar-refractivity contribution < 1.29 is 8.42 Å². The van der Waals surface area contributed by atoms with Crippen LogP contribution >= 0.6 is 11.6 Å². The first-order chi connectivity index (χ1) is 10.0. The van der Waals surface area contributed by atoms with Crippen LogP contribution in [0, 0.1) is 11.3 Å². The van der Waals surface area contributed by atoms with E-state index in [2.05, 4.69) is 0 Å². The summed E-state index contributed by atoms with van der Waals surface area (Å²) in [5, 5.41) is 8.92. The summed E-state index contributed by atoms with van der Waals surface area (Å²) in [4.78, 5) is 0.0621. The van der Waals surface area contributed by atoms with Crippen LogP contribution in [-0.4, -0.2) is 31.9 Å². The van der Waals surface area contributed by atoms with E-state index >= 15 is 0 Å². The highest BCUT2D eigenvalue weighted by Crippen LogP contribution is 2.31. The van der Waals surface area contributed by atoms with Gasteiger partial charge in [-0.1, -0.05) is 18.0 Å². The normalized spacial score (nSPS) is 20.1. The second kappa shape index (κ2) is 6.75. The lowest BCUT2D eigenvalue weighted by Gasteiger charge is -2.34. The third-order valence-electron chi connectivity index (χ3n) is 3.72. The third-order valence-corrected chi connectivity index (χ3v) is 6.16. The molecule has 0 saturated carbocycles. The molecule has 0 radical (unpaired) electrons. The summed E-state index contributed by atoms with van der Waals surface area (Å²) < 4.78 is 27.1. The number of halogens is 1. The van der Waals surface area contributed by atoms with E-state index in [4.69, 9.17) is 22.6 Å². The van der Waals surface area contributed by atoms with E-state index in [-0.39, 0.29) is 16.0 Å². The maximum absolute atomic E-state index is 12.8. The topological polar surface area (TPSA) is 87.2 Å². The molecule has 2 rings (SSSR count). The van der Waals surface area contributed by atoms with Gasteiger partial charge in [0.1, 0.15) is 4.90 Å². The van der Waals surface area contributed by atoms with E-state index in [1.165, 1.54) is 22.5 Å². The van der Waals surface area contributed by atoms with Crippen LogP contribution in [0.4, 0.5) is 0 Å². The first-order valence-electron chi connectivity index (χ1n) is 6.92. The number of rotatable bonds is 4. The summed E-state index contributed by atoms with van der Waals surface area (Å²) in [5.74, 6) is 0. The highest BCUT2D eigenvalue weighted by molar-refractivity contribution is 7.89. The van der Waals surface area contributed by atoms with Crippen molar-refractivity contribution in [3.63, 3.8) is 0 Å². The summed E-state index contributed by atoms with van der Waals surface area (Å²) >= 11 is 6.06. The minimum absolute atomic E-state index is 0.0621. The Balaban J connectivity index is 2.38. The summed E-state index contributed by atoms with van der Waals surface area (Å²) in [6, 6.07) is 6.14. The smallest absolute Gasteiger partial charge is 0.244 e. The predicted octanol–water partition coefficient (Wildman–Crippen LogP) is 2.10. The average molecular weight is 328 g/mol. The van der Waals surface area contributed by atoms with Crippen molar-refractivity contribution in [3.05, 3.63) is 28.8 Å². The molecule has 0 amide bonds. The standard InChI is InChI=1S/C14H18ClN3O2S/c15-13-9-11(10-17)4-5-14(13)21(19,20)18-8-2-1-3-12(18)6-7-16/h4-5,9,12H,1-3,6-8,16H2. The van der Waals surface area contributed by atoms with Crippen molar-refractivity contribution in [2.75, 3.05) is 13.1 Å². The summed E-state index contributed by atoms with van der Waals surface area (Å²) in [6.45, 7) is 0.946. The van der Waals surface area contributed by atoms with Crippen LogP contribution in [0.3, 0.4) is 0 Å².